The molecule has 1 atom stereocenters. The highest BCUT2D eigenvalue weighted by molar-refractivity contribution is 9.10. The van der Waals surface area contributed by atoms with Gasteiger partial charge in [-0.3, -0.25) is 0 Å². The van der Waals surface area contributed by atoms with E-state index >= 15 is 0 Å². The van der Waals surface area contributed by atoms with Crippen molar-refractivity contribution < 1.29 is 13.2 Å². The lowest BCUT2D eigenvalue weighted by molar-refractivity contribution is -0.136. The topological polar surface area (TPSA) is 12.0 Å². The fourth-order valence-corrected chi connectivity index (χ4v) is 2.40. The van der Waals surface area contributed by atoms with E-state index in [0.717, 1.165) is 15.6 Å². The van der Waals surface area contributed by atoms with Crippen molar-refractivity contribution in [3.05, 3.63) is 33.8 Å². The number of aryl methyl sites for hydroxylation is 1. The molecule has 1 rings (SSSR count). The standard InChI is InChI=1S/C13H17BrF3N/c1-3-18-11(7-8-13(15,16)17)10-6-4-5-9(2)12(10)14/h4-6,11,18H,3,7-8H2,1-2H3. The third-order valence-electron chi connectivity index (χ3n) is 2.76. The molecule has 1 N–H and O–H groups in total. The first kappa shape index (κ1) is 15.5. The second-order valence-electron chi connectivity index (χ2n) is 4.24. The number of nitrogens with one attached hydrogen (secondary N) is 1. The maximum Gasteiger partial charge on any atom is 0.389 e. The lowest BCUT2D eigenvalue weighted by Crippen LogP contribution is -2.23. The van der Waals surface area contributed by atoms with Crippen LogP contribution >= 0.6 is 15.9 Å². The normalized spacial score (nSPS) is 13.7. The Hall–Kier alpha value is -0.550. The zero-order valence-electron chi connectivity index (χ0n) is 10.4. The summed E-state index contributed by atoms with van der Waals surface area (Å²) in [5, 5.41) is 3.11. The molecular formula is C13H17BrF3N. The van der Waals surface area contributed by atoms with Crippen LogP contribution in [0.4, 0.5) is 13.2 Å². The monoisotopic (exact) mass is 323 g/mol. The maximum atomic E-state index is 12.3. The second kappa shape index (κ2) is 6.57. The van der Waals surface area contributed by atoms with E-state index in [-0.39, 0.29) is 12.5 Å². The molecule has 0 radical (unpaired) electrons. The molecule has 1 nitrogen and oxygen atoms in total. The SMILES string of the molecule is CCNC(CCC(F)(F)F)c1cccc(C)c1Br. The van der Waals surface area contributed by atoms with Gasteiger partial charge in [0, 0.05) is 16.9 Å². The Morgan fingerprint density at radius 2 is 2.00 bits per heavy atom. The summed E-state index contributed by atoms with van der Waals surface area (Å²) in [4.78, 5) is 0. The van der Waals surface area contributed by atoms with Crippen molar-refractivity contribution in [1.82, 2.24) is 5.32 Å². The Labute approximate surface area is 114 Å². The molecule has 18 heavy (non-hydrogen) atoms. The first-order chi connectivity index (χ1) is 8.35. The average Bonchev–Trinajstić information content (AvgIpc) is 2.27. The van der Waals surface area contributed by atoms with Crippen molar-refractivity contribution in [2.24, 2.45) is 0 Å². The van der Waals surface area contributed by atoms with E-state index in [1.54, 1.807) is 0 Å². The summed E-state index contributed by atoms with van der Waals surface area (Å²) in [5.74, 6) is 0. The predicted molar refractivity (Wildman–Crippen MR) is 70.6 cm³/mol. The lowest BCUT2D eigenvalue weighted by Gasteiger charge is -2.21. The van der Waals surface area contributed by atoms with Gasteiger partial charge in [0.05, 0.1) is 0 Å². The third kappa shape index (κ3) is 4.61. The molecule has 1 aromatic carbocycles. The van der Waals surface area contributed by atoms with Gasteiger partial charge < -0.3 is 5.32 Å². The Morgan fingerprint density at radius 1 is 1.33 bits per heavy atom. The van der Waals surface area contributed by atoms with Crippen LogP contribution in [0, 0.1) is 6.92 Å². The molecular weight excluding hydrogens is 307 g/mol. The van der Waals surface area contributed by atoms with Gasteiger partial charge in [-0.25, -0.2) is 0 Å². The Morgan fingerprint density at radius 3 is 2.56 bits per heavy atom. The summed E-state index contributed by atoms with van der Waals surface area (Å²) in [5.41, 5.74) is 1.92. The second-order valence-corrected chi connectivity index (χ2v) is 5.04. The summed E-state index contributed by atoms with van der Waals surface area (Å²) in [6.45, 7) is 4.47. The molecule has 0 bridgehead atoms. The van der Waals surface area contributed by atoms with Crippen LogP contribution in [0.25, 0.3) is 0 Å². The molecule has 0 heterocycles. The van der Waals surface area contributed by atoms with E-state index in [0.29, 0.717) is 6.54 Å². The van der Waals surface area contributed by atoms with Gasteiger partial charge in [0.2, 0.25) is 0 Å². The number of halogens is 4. The molecule has 0 aliphatic carbocycles. The Balaban J connectivity index is 2.87. The van der Waals surface area contributed by atoms with Crippen LogP contribution in [-0.2, 0) is 0 Å². The highest BCUT2D eigenvalue weighted by Gasteiger charge is 2.29. The van der Waals surface area contributed by atoms with Crippen LogP contribution in [0.3, 0.4) is 0 Å². The first-order valence-corrected chi connectivity index (χ1v) is 6.69. The van der Waals surface area contributed by atoms with Crippen LogP contribution in [-0.4, -0.2) is 12.7 Å². The first-order valence-electron chi connectivity index (χ1n) is 5.90. The molecule has 1 unspecified atom stereocenters. The van der Waals surface area contributed by atoms with Gasteiger partial charge in [0.1, 0.15) is 0 Å². The minimum Gasteiger partial charge on any atom is -0.310 e. The molecule has 0 aliphatic rings. The summed E-state index contributed by atoms with van der Waals surface area (Å²) in [6, 6.07) is 5.39. The molecule has 0 aromatic heterocycles. The number of benzene rings is 1. The maximum absolute atomic E-state index is 12.3. The molecule has 5 heteroatoms. The molecule has 0 saturated carbocycles. The van der Waals surface area contributed by atoms with Crippen LogP contribution in [0.1, 0.15) is 36.9 Å². The molecule has 1 aromatic rings. The number of hydrogen-bond donors (Lipinski definition) is 1. The fourth-order valence-electron chi connectivity index (χ4n) is 1.86. The van der Waals surface area contributed by atoms with E-state index in [4.69, 9.17) is 0 Å². The van der Waals surface area contributed by atoms with Crippen molar-refractivity contribution in [3.63, 3.8) is 0 Å². The predicted octanol–water partition coefficient (Wildman–Crippen LogP) is 4.75. The largest absolute Gasteiger partial charge is 0.389 e. The van der Waals surface area contributed by atoms with Crippen LogP contribution in [0.2, 0.25) is 0 Å². The van der Waals surface area contributed by atoms with Crippen molar-refractivity contribution in [3.8, 4) is 0 Å². The molecule has 0 saturated heterocycles. The zero-order valence-corrected chi connectivity index (χ0v) is 12.0. The van der Waals surface area contributed by atoms with E-state index < -0.39 is 12.6 Å². The zero-order chi connectivity index (χ0) is 13.8. The van der Waals surface area contributed by atoms with Gasteiger partial charge in [-0.05, 0) is 31.0 Å². The van der Waals surface area contributed by atoms with Gasteiger partial charge in [0.25, 0.3) is 0 Å². The highest BCUT2D eigenvalue weighted by Crippen LogP contribution is 2.32. The third-order valence-corrected chi connectivity index (χ3v) is 3.85. The fraction of sp³-hybridized carbons (Fsp3) is 0.538. The van der Waals surface area contributed by atoms with E-state index in [1.165, 1.54) is 0 Å². The van der Waals surface area contributed by atoms with E-state index in [2.05, 4.69) is 21.2 Å². The molecule has 0 amide bonds. The minimum atomic E-state index is -4.11. The molecule has 0 aliphatic heterocycles. The van der Waals surface area contributed by atoms with Gasteiger partial charge >= 0.3 is 6.18 Å². The highest BCUT2D eigenvalue weighted by atomic mass is 79.9. The van der Waals surface area contributed by atoms with Gasteiger partial charge in [-0.1, -0.05) is 41.1 Å². The average molecular weight is 324 g/mol. The molecule has 102 valence electrons. The number of alkyl halides is 3. The van der Waals surface area contributed by atoms with Crippen LogP contribution in [0.5, 0.6) is 0 Å². The van der Waals surface area contributed by atoms with Crippen molar-refractivity contribution in [1.29, 1.82) is 0 Å². The summed E-state index contributed by atoms with van der Waals surface area (Å²) >= 11 is 3.45. The summed E-state index contributed by atoms with van der Waals surface area (Å²) < 4.78 is 37.8. The van der Waals surface area contributed by atoms with Crippen LogP contribution < -0.4 is 5.32 Å². The van der Waals surface area contributed by atoms with Crippen LogP contribution in [0.15, 0.2) is 22.7 Å². The van der Waals surface area contributed by atoms with Gasteiger partial charge in [-0.15, -0.1) is 0 Å². The number of rotatable bonds is 5. The van der Waals surface area contributed by atoms with Crippen molar-refractivity contribution in [2.75, 3.05) is 6.54 Å². The van der Waals surface area contributed by atoms with Gasteiger partial charge in [-0.2, -0.15) is 13.2 Å². The minimum absolute atomic E-state index is 0.0550. The van der Waals surface area contributed by atoms with E-state index in [1.807, 2.05) is 32.0 Å². The molecule has 0 fully saturated rings. The summed E-state index contributed by atoms with van der Waals surface area (Å²) in [6.07, 6.45) is -4.82. The number of hydrogen-bond acceptors (Lipinski definition) is 1. The van der Waals surface area contributed by atoms with Gasteiger partial charge in [0.15, 0.2) is 0 Å². The lowest BCUT2D eigenvalue weighted by atomic mass is 10.00. The van der Waals surface area contributed by atoms with Crippen molar-refractivity contribution >= 4 is 15.9 Å². The smallest absolute Gasteiger partial charge is 0.310 e. The van der Waals surface area contributed by atoms with E-state index in [9.17, 15) is 13.2 Å². The quantitative estimate of drug-likeness (QED) is 0.824. The molecule has 0 spiro atoms. The summed E-state index contributed by atoms with van der Waals surface area (Å²) in [7, 11) is 0. The van der Waals surface area contributed by atoms with Crippen molar-refractivity contribution in [2.45, 2.75) is 38.9 Å². The Bertz CT molecular complexity index is 390. The Kier molecular flexibility index (Phi) is 5.66.